The zero-order chi connectivity index (χ0) is 18.6. The average molecular weight is 338 g/mol. The van der Waals surface area contributed by atoms with Crippen molar-refractivity contribution >= 4 is 12.0 Å². The number of rotatable bonds is 6. The van der Waals surface area contributed by atoms with Crippen LogP contribution in [0.15, 0.2) is 30.3 Å². The van der Waals surface area contributed by atoms with Crippen LogP contribution in [0, 0.1) is 0 Å². The third-order valence-electron chi connectivity index (χ3n) is 3.64. The number of primary amides is 1. The minimum absolute atomic E-state index is 0.0662. The number of nitrogens with two attached hydrogens (primary N) is 1. The van der Waals surface area contributed by atoms with Crippen LogP contribution in [0.4, 0.5) is 4.79 Å². The quantitative estimate of drug-likeness (QED) is 0.678. The molecule has 0 heterocycles. The Balaban J connectivity index is 3.27. The molecule has 0 spiro atoms. The number of hydrogen-bond donors (Lipinski definition) is 3. The summed E-state index contributed by atoms with van der Waals surface area (Å²) in [5.74, 6) is -2.99. The van der Waals surface area contributed by atoms with Crippen LogP contribution in [0.2, 0.25) is 0 Å². The van der Waals surface area contributed by atoms with Crippen LogP contribution in [-0.2, 0) is 20.7 Å². The Bertz CT molecular complexity index is 580. The van der Waals surface area contributed by atoms with E-state index in [-0.39, 0.29) is 6.42 Å². The van der Waals surface area contributed by atoms with Crippen LogP contribution >= 0.6 is 0 Å². The van der Waals surface area contributed by atoms with Crippen molar-refractivity contribution < 1.29 is 24.2 Å². The molecule has 0 fully saturated rings. The van der Waals surface area contributed by atoms with Crippen molar-refractivity contribution in [1.29, 1.82) is 0 Å². The van der Waals surface area contributed by atoms with Crippen LogP contribution in [-0.4, -0.2) is 41.1 Å². The van der Waals surface area contributed by atoms with Crippen molar-refractivity contribution in [3.8, 4) is 0 Å². The van der Waals surface area contributed by atoms with Gasteiger partial charge in [0.05, 0.1) is 0 Å². The minimum Gasteiger partial charge on any atom is -0.444 e. The number of nitrogens with one attached hydrogen (secondary N) is 1. The second-order valence-corrected chi connectivity index (χ2v) is 6.75. The summed E-state index contributed by atoms with van der Waals surface area (Å²) >= 11 is 0. The molecule has 0 saturated heterocycles. The van der Waals surface area contributed by atoms with Gasteiger partial charge in [-0.3, -0.25) is 4.79 Å². The molecule has 2 unspecified atom stereocenters. The maximum absolute atomic E-state index is 12.2. The maximum Gasteiger partial charge on any atom is 0.408 e. The highest BCUT2D eigenvalue weighted by atomic mass is 16.6. The van der Waals surface area contributed by atoms with Crippen LogP contribution in [0.25, 0.3) is 0 Å². The largest absolute Gasteiger partial charge is 0.444 e. The Kier molecular flexibility index (Phi) is 5.97. The highest BCUT2D eigenvalue weighted by Crippen LogP contribution is 2.28. The molecule has 0 aliphatic heterocycles. The molecule has 0 aromatic heterocycles. The van der Waals surface area contributed by atoms with Crippen LogP contribution < -0.4 is 11.1 Å². The summed E-state index contributed by atoms with van der Waals surface area (Å²) in [4.78, 5) is 24.5. The molecule has 1 aromatic rings. The first kappa shape index (κ1) is 19.9. The molecule has 7 heteroatoms. The number of aliphatic hydroxyl groups is 1. The molecule has 24 heavy (non-hydrogen) atoms. The topological polar surface area (TPSA) is 111 Å². The average Bonchev–Trinajstić information content (AvgIpc) is 2.45. The van der Waals surface area contributed by atoms with E-state index < -0.39 is 28.9 Å². The number of carbonyl (C=O) groups excluding carboxylic acids is 2. The van der Waals surface area contributed by atoms with Crippen molar-refractivity contribution in [2.45, 2.75) is 51.0 Å². The zero-order valence-corrected chi connectivity index (χ0v) is 14.8. The van der Waals surface area contributed by atoms with E-state index in [0.29, 0.717) is 5.56 Å². The van der Waals surface area contributed by atoms with Crippen molar-refractivity contribution in [3.05, 3.63) is 35.9 Å². The molecule has 134 valence electrons. The van der Waals surface area contributed by atoms with Gasteiger partial charge in [-0.1, -0.05) is 30.3 Å². The number of carbonyl (C=O) groups is 2. The van der Waals surface area contributed by atoms with E-state index in [1.807, 2.05) is 6.07 Å². The van der Waals surface area contributed by atoms with Gasteiger partial charge in [0.25, 0.3) is 0 Å². The number of hydrogen-bond acceptors (Lipinski definition) is 5. The van der Waals surface area contributed by atoms with E-state index in [1.165, 1.54) is 14.0 Å². The fourth-order valence-corrected chi connectivity index (χ4v) is 2.26. The molecule has 0 saturated carbocycles. The highest BCUT2D eigenvalue weighted by molar-refractivity contribution is 5.90. The first-order valence-corrected chi connectivity index (χ1v) is 7.56. The lowest BCUT2D eigenvalue weighted by Gasteiger charge is -2.42. The monoisotopic (exact) mass is 338 g/mol. The summed E-state index contributed by atoms with van der Waals surface area (Å²) in [6, 6.07) is 8.86. The number of amides is 2. The highest BCUT2D eigenvalue weighted by Gasteiger charge is 2.54. The number of ether oxygens (including phenoxy) is 2. The number of methoxy groups -OCH3 is 1. The van der Waals surface area contributed by atoms with Gasteiger partial charge in [-0.2, -0.15) is 0 Å². The van der Waals surface area contributed by atoms with E-state index in [4.69, 9.17) is 15.2 Å². The molecule has 2 amide bonds. The molecular weight excluding hydrogens is 312 g/mol. The summed E-state index contributed by atoms with van der Waals surface area (Å²) in [7, 11) is 1.22. The first-order chi connectivity index (χ1) is 10.9. The molecular formula is C17H26N2O5. The van der Waals surface area contributed by atoms with Gasteiger partial charge in [-0.15, -0.1) is 0 Å². The molecule has 0 aliphatic carbocycles. The lowest BCUT2D eigenvalue weighted by molar-refractivity contribution is -0.221. The van der Waals surface area contributed by atoms with Crippen LogP contribution in [0.5, 0.6) is 0 Å². The molecule has 0 bridgehead atoms. The minimum atomic E-state index is -2.05. The lowest BCUT2D eigenvalue weighted by atomic mass is 9.82. The standard InChI is InChI=1S/C17H26N2O5/c1-15(2,3)24-14(21)19-17(13(18)20,16(4,22)23-5)11-12-9-7-6-8-10-12/h6-10,22H,11H2,1-5H3,(H2,18,20)(H,19,21). The predicted molar refractivity (Wildman–Crippen MR) is 89.1 cm³/mol. The lowest BCUT2D eigenvalue weighted by Crippen LogP contribution is -2.71. The molecule has 7 nitrogen and oxygen atoms in total. The van der Waals surface area contributed by atoms with E-state index in [9.17, 15) is 14.7 Å². The summed E-state index contributed by atoms with van der Waals surface area (Å²) in [5.41, 5.74) is 3.54. The van der Waals surface area contributed by atoms with Gasteiger partial charge in [0.15, 0.2) is 11.3 Å². The smallest absolute Gasteiger partial charge is 0.408 e. The SMILES string of the molecule is COC(C)(O)C(Cc1ccccc1)(NC(=O)OC(C)(C)C)C(N)=O. The van der Waals surface area contributed by atoms with Gasteiger partial charge in [0.1, 0.15) is 5.60 Å². The fraction of sp³-hybridized carbons (Fsp3) is 0.529. The Labute approximate surface area is 142 Å². The van der Waals surface area contributed by atoms with Crippen molar-refractivity contribution in [3.63, 3.8) is 0 Å². The summed E-state index contributed by atoms with van der Waals surface area (Å²) < 4.78 is 10.2. The first-order valence-electron chi connectivity index (χ1n) is 7.56. The second kappa shape index (κ2) is 7.19. The normalized spacial score (nSPS) is 16.6. The summed E-state index contributed by atoms with van der Waals surface area (Å²) in [6.45, 7) is 6.32. The maximum atomic E-state index is 12.2. The van der Waals surface area contributed by atoms with E-state index in [1.54, 1.807) is 45.0 Å². The molecule has 2 atom stereocenters. The zero-order valence-electron chi connectivity index (χ0n) is 14.8. The van der Waals surface area contributed by atoms with Gasteiger partial charge < -0.3 is 25.6 Å². The van der Waals surface area contributed by atoms with Crippen molar-refractivity contribution in [1.82, 2.24) is 5.32 Å². The Morgan fingerprint density at radius 2 is 1.71 bits per heavy atom. The summed E-state index contributed by atoms with van der Waals surface area (Å²) in [6.07, 6.45) is -0.946. The van der Waals surface area contributed by atoms with Crippen molar-refractivity contribution in [2.24, 2.45) is 5.73 Å². The van der Waals surface area contributed by atoms with Gasteiger partial charge >= 0.3 is 6.09 Å². The van der Waals surface area contributed by atoms with E-state index in [0.717, 1.165) is 0 Å². The van der Waals surface area contributed by atoms with Crippen LogP contribution in [0.3, 0.4) is 0 Å². The Morgan fingerprint density at radius 1 is 1.17 bits per heavy atom. The van der Waals surface area contributed by atoms with Gasteiger partial charge in [0, 0.05) is 13.5 Å². The molecule has 0 aliphatic rings. The molecule has 1 aromatic carbocycles. The van der Waals surface area contributed by atoms with Crippen LogP contribution in [0.1, 0.15) is 33.3 Å². The van der Waals surface area contributed by atoms with E-state index >= 15 is 0 Å². The Hall–Kier alpha value is -2.12. The molecule has 4 N–H and O–H groups in total. The molecule has 0 radical (unpaired) electrons. The number of alkyl carbamates (subject to hydrolysis) is 1. The van der Waals surface area contributed by atoms with Gasteiger partial charge in [-0.25, -0.2) is 4.79 Å². The Morgan fingerprint density at radius 3 is 2.12 bits per heavy atom. The van der Waals surface area contributed by atoms with E-state index in [2.05, 4.69) is 5.32 Å². The van der Waals surface area contributed by atoms with Gasteiger partial charge in [0.2, 0.25) is 5.91 Å². The third kappa shape index (κ3) is 4.69. The fourth-order valence-electron chi connectivity index (χ4n) is 2.26. The van der Waals surface area contributed by atoms with Crippen molar-refractivity contribution in [2.75, 3.05) is 7.11 Å². The second-order valence-electron chi connectivity index (χ2n) is 6.75. The van der Waals surface area contributed by atoms with Gasteiger partial charge in [-0.05, 0) is 33.3 Å². The third-order valence-corrected chi connectivity index (χ3v) is 3.64. The number of benzene rings is 1. The summed E-state index contributed by atoms with van der Waals surface area (Å²) in [5, 5.41) is 13.0. The molecule has 1 rings (SSSR count). The predicted octanol–water partition coefficient (Wildman–Crippen LogP) is 1.33.